The zero-order chi connectivity index (χ0) is 21.0. The van der Waals surface area contributed by atoms with Crippen LogP contribution < -0.4 is 9.47 Å². The Morgan fingerprint density at radius 1 is 1.14 bits per heavy atom. The molecule has 2 aromatic rings. The zero-order valence-electron chi connectivity index (χ0n) is 15.4. The normalized spacial score (nSPS) is 14.8. The van der Waals surface area contributed by atoms with Gasteiger partial charge in [0.1, 0.15) is 0 Å². The van der Waals surface area contributed by atoms with E-state index in [2.05, 4.69) is 4.99 Å². The van der Waals surface area contributed by atoms with Gasteiger partial charge in [0, 0.05) is 13.0 Å². The van der Waals surface area contributed by atoms with Crippen LogP contribution in [0.25, 0.3) is 12.2 Å². The fraction of sp³-hybridized carbons (Fsp3) is 0.0952. The van der Waals surface area contributed by atoms with Crippen molar-refractivity contribution in [2.75, 3.05) is 7.11 Å². The summed E-state index contributed by atoms with van der Waals surface area (Å²) in [5, 5.41) is 0.817. The third-order valence-corrected chi connectivity index (χ3v) is 4.60. The first-order chi connectivity index (χ1) is 13.9. The largest absolute Gasteiger partial charge is 0.493 e. The predicted molar refractivity (Wildman–Crippen MR) is 111 cm³/mol. The van der Waals surface area contributed by atoms with Crippen LogP contribution in [0.3, 0.4) is 0 Å². The highest BCUT2D eigenvalue weighted by atomic mass is 35.5. The van der Waals surface area contributed by atoms with E-state index in [4.69, 9.17) is 37.4 Å². The van der Waals surface area contributed by atoms with Gasteiger partial charge in [0.2, 0.25) is 5.90 Å². The van der Waals surface area contributed by atoms with Crippen molar-refractivity contribution in [3.05, 3.63) is 69.3 Å². The third kappa shape index (κ3) is 5.04. The first kappa shape index (κ1) is 20.6. The van der Waals surface area contributed by atoms with E-state index in [1.807, 2.05) is 0 Å². The summed E-state index contributed by atoms with van der Waals surface area (Å²) in [6.07, 6.45) is 4.72. The fourth-order valence-corrected chi connectivity index (χ4v) is 2.85. The lowest BCUT2D eigenvalue weighted by molar-refractivity contribution is -0.132. The Morgan fingerprint density at radius 2 is 1.93 bits per heavy atom. The quantitative estimate of drug-likeness (QED) is 0.380. The van der Waals surface area contributed by atoms with Crippen LogP contribution in [-0.4, -0.2) is 24.9 Å². The number of hydrogen-bond acceptors (Lipinski definition) is 6. The van der Waals surface area contributed by atoms with Crippen molar-refractivity contribution in [2.24, 2.45) is 4.99 Å². The number of carbonyl (C=O) groups is 2. The van der Waals surface area contributed by atoms with Gasteiger partial charge >= 0.3 is 11.9 Å². The average Bonchev–Trinajstić information content (AvgIpc) is 3.03. The number of methoxy groups -OCH3 is 1. The zero-order valence-corrected chi connectivity index (χ0v) is 17.0. The molecular formula is C21H15Cl2NO5. The number of nitrogens with zero attached hydrogens (tertiary/aromatic N) is 1. The average molecular weight is 432 g/mol. The van der Waals surface area contributed by atoms with E-state index >= 15 is 0 Å². The maximum atomic E-state index is 12.1. The molecular weight excluding hydrogens is 417 g/mol. The molecule has 1 aliphatic heterocycles. The minimum Gasteiger partial charge on any atom is -0.493 e. The summed E-state index contributed by atoms with van der Waals surface area (Å²) in [6.45, 7) is 1.30. The van der Waals surface area contributed by atoms with Gasteiger partial charge in [-0.1, -0.05) is 41.4 Å². The Kier molecular flexibility index (Phi) is 6.36. The first-order valence-corrected chi connectivity index (χ1v) is 9.14. The van der Waals surface area contributed by atoms with Gasteiger partial charge in [0.25, 0.3) is 0 Å². The van der Waals surface area contributed by atoms with E-state index in [9.17, 15) is 9.59 Å². The molecule has 1 aliphatic rings. The van der Waals surface area contributed by atoms with E-state index in [-0.39, 0.29) is 17.3 Å². The Labute approximate surface area is 177 Å². The fourth-order valence-electron chi connectivity index (χ4n) is 2.48. The molecule has 0 bridgehead atoms. The molecule has 148 valence electrons. The summed E-state index contributed by atoms with van der Waals surface area (Å²) >= 11 is 12.1. The van der Waals surface area contributed by atoms with Gasteiger partial charge in [-0.25, -0.2) is 9.79 Å². The van der Waals surface area contributed by atoms with Crippen molar-refractivity contribution in [3.63, 3.8) is 0 Å². The highest BCUT2D eigenvalue weighted by Crippen LogP contribution is 2.30. The number of benzene rings is 2. The van der Waals surface area contributed by atoms with Crippen molar-refractivity contribution in [2.45, 2.75) is 6.92 Å². The van der Waals surface area contributed by atoms with E-state index in [1.54, 1.807) is 42.5 Å². The Bertz CT molecular complexity index is 1070. The van der Waals surface area contributed by atoms with Gasteiger partial charge < -0.3 is 14.2 Å². The van der Waals surface area contributed by atoms with Crippen LogP contribution in [0.5, 0.6) is 11.5 Å². The van der Waals surface area contributed by atoms with Crippen molar-refractivity contribution >= 4 is 53.2 Å². The summed E-state index contributed by atoms with van der Waals surface area (Å²) in [7, 11) is 1.45. The molecule has 0 radical (unpaired) electrons. The van der Waals surface area contributed by atoms with Crippen LogP contribution in [0, 0.1) is 0 Å². The Morgan fingerprint density at radius 3 is 2.66 bits per heavy atom. The lowest BCUT2D eigenvalue weighted by Gasteiger charge is -2.08. The van der Waals surface area contributed by atoms with Crippen molar-refractivity contribution in [3.8, 4) is 11.5 Å². The van der Waals surface area contributed by atoms with Crippen molar-refractivity contribution in [1.82, 2.24) is 0 Å². The second-order valence-corrected chi connectivity index (χ2v) is 6.63. The van der Waals surface area contributed by atoms with E-state index < -0.39 is 11.9 Å². The molecule has 0 fully saturated rings. The first-order valence-electron chi connectivity index (χ1n) is 8.38. The van der Waals surface area contributed by atoms with Crippen LogP contribution in [0.2, 0.25) is 10.0 Å². The molecule has 0 N–H and O–H groups in total. The Hall–Kier alpha value is -3.09. The smallest absolute Gasteiger partial charge is 0.363 e. The number of cyclic esters (lactones) is 1. The number of aliphatic imine (C=N–C) groups is 1. The number of halogens is 2. The molecule has 0 aliphatic carbocycles. The molecule has 2 aromatic carbocycles. The molecule has 3 rings (SSSR count). The summed E-state index contributed by atoms with van der Waals surface area (Å²) < 4.78 is 15.4. The van der Waals surface area contributed by atoms with Crippen LogP contribution in [0.1, 0.15) is 18.1 Å². The van der Waals surface area contributed by atoms with E-state index in [1.165, 1.54) is 26.2 Å². The second kappa shape index (κ2) is 8.94. The van der Waals surface area contributed by atoms with Gasteiger partial charge in [-0.2, -0.15) is 0 Å². The molecule has 0 unspecified atom stereocenters. The predicted octanol–water partition coefficient (Wildman–Crippen LogP) is 4.94. The van der Waals surface area contributed by atoms with Gasteiger partial charge in [0.15, 0.2) is 17.2 Å². The highest BCUT2D eigenvalue weighted by molar-refractivity contribution is 6.42. The van der Waals surface area contributed by atoms with Gasteiger partial charge in [-0.3, -0.25) is 4.79 Å². The standard InChI is InChI=1S/C21H15Cl2NO5/c1-12(25)28-17-8-6-13(11-18(17)27-2)10-16-21(26)29-19(24-16)9-7-14-4-3-5-15(22)20(14)23/h3-11H,1-2H3/b9-7+,16-10+. The SMILES string of the molecule is COc1cc(/C=C2N=C(/C=C/c3cccc(Cl)c3Cl)OC/2=O)ccc1OC(C)=O. The van der Waals surface area contributed by atoms with Gasteiger partial charge in [0.05, 0.1) is 17.2 Å². The van der Waals surface area contributed by atoms with E-state index in [0.29, 0.717) is 26.9 Å². The minimum atomic E-state index is -0.593. The van der Waals surface area contributed by atoms with Gasteiger partial charge in [-0.05, 0) is 41.5 Å². The van der Waals surface area contributed by atoms with Crippen LogP contribution in [0.15, 0.2) is 53.2 Å². The molecule has 0 amide bonds. The molecule has 1 heterocycles. The molecule has 0 spiro atoms. The Balaban J connectivity index is 1.84. The number of carbonyl (C=O) groups excluding carboxylic acids is 2. The molecule has 8 heteroatoms. The molecule has 6 nitrogen and oxygen atoms in total. The summed E-state index contributed by atoms with van der Waals surface area (Å²) in [5.41, 5.74) is 1.40. The maximum absolute atomic E-state index is 12.1. The molecule has 0 saturated carbocycles. The summed E-state index contributed by atoms with van der Waals surface area (Å²) in [5.74, 6) is -0.303. The number of ether oxygens (including phenoxy) is 3. The van der Waals surface area contributed by atoms with Gasteiger partial charge in [-0.15, -0.1) is 0 Å². The lowest BCUT2D eigenvalue weighted by atomic mass is 10.1. The van der Waals surface area contributed by atoms with Crippen LogP contribution in [-0.2, 0) is 14.3 Å². The monoisotopic (exact) mass is 431 g/mol. The molecule has 29 heavy (non-hydrogen) atoms. The number of esters is 2. The molecule has 0 atom stereocenters. The topological polar surface area (TPSA) is 74.2 Å². The van der Waals surface area contributed by atoms with Crippen molar-refractivity contribution in [1.29, 1.82) is 0 Å². The maximum Gasteiger partial charge on any atom is 0.363 e. The highest BCUT2D eigenvalue weighted by Gasteiger charge is 2.21. The summed E-state index contributed by atoms with van der Waals surface area (Å²) in [6, 6.07) is 10.1. The second-order valence-electron chi connectivity index (χ2n) is 5.85. The number of hydrogen-bond donors (Lipinski definition) is 0. The van der Waals surface area contributed by atoms with Crippen LogP contribution in [0.4, 0.5) is 0 Å². The summed E-state index contributed by atoms with van der Waals surface area (Å²) in [4.78, 5) is 27.4. The van der Waals surface area contributed by atoms with Crippen molar-refractivity contribution < 1.29 is 23.8 Å². The molecule has 0 aromatic heterocycles. The minimum absolute atomic E-state index is 0.115. The van der Waals surface area contributed by atoms with E-state index in [0.717, 1.165) is 0 Å². The third-order valence-electron chi connectivity index (χ3n) is 3.77. The van der Waals surface area contributed by atoms with Crippen LogP contribution >= 0.6 is 23.2 Å². The lowest BCUT2D eigenvalue weighted by Crippen LogP contribution is -2.03. The number of rotatable bonds is 5. The molecule has 0 saturated heterocycles.